The Labute approximate surface area is 178 Å². The predicted octanol–water partition coefficient (Wildman–Crippen LogP) is 3.50. The maximum atomic E-state index is 13.0. The molecule has 1 aromatic heterocycles. The van der Waals surface area contributed by atoms with Crippen LogP contribution in [0.5, 0.6) is 0 Å². The number of benzene rings is 1. The summed E-state index contributed by atoms with van der Waals surface area (Å²) >= 11 is 0. The topological polar surface area (TPSA) is 90.1 Å². The quantitative estimate of drug-likeness (QED) is 0.589. The summed E-state index contributed by atoms with van der Waals surface area (Å²) in [6.07, 6.45) is 8.79. The fourth-order valence-corrected chi connectivity index (χ4v) is 4.05. The predicted molar refractivity (Wildman–Crippen MR) is 119 cm³/mol. The van der Waals surface area contributed by atoms with Gasteiger partial charge in [0.25, 0.3) is 0 Å². The van der Waals surface area contributed by atoms with Crippen LogP contribution in [-0.2, 0) is 16.0 Å². The van der Waals surface area contributed by atoms with Crippen LogP contribution in [0.15, 0.2) is 36.8 Å². The summed E-state index contributed by atoms with van der Waals surface area (Å²) in [6, 6.07) is 7.17. The molecule has 7 heteroatoms. The van der Waals surface area contributed by atoms with Gasteiger partial charge in [0.1, 0.15) is 6.04 Å². The van der Waals surface area contributed by atoms with Crippen molar-refractivity contribution in [3.05, 3.63) is 42.5 Å². The molecular weight excluding hydrogens is 378 g/mol. The molecule has 0 unspecified atom stereocenters. The van der Waals surface area contributed by atoms with Crippen molar-refractivity contribution in [2.45, 2.75) is 58.4 Å². The summed E-state index contributed by atoms with van der Waals surface area (Å²) in [5.41, 5.74) is 2.66. The van der Waals surface area contributed by atoms with E-state index in [0.717, 1.165) is 55.8 Å². The van der Waals surface area contributed by atoms with Gasteiger partial charge in [0.2, 0.25) is 11.8 Å². The van der Waals surface area contributed by atoms with Crippen molar-refractivity contribution in [3.63, 3.8) is 0 Å². The number of hydrogen-bond acceptors (Lipinski definition) is 4. The third kappa shape index (κ3) is 5.84. The van der Waals surface area contributed by atoms with E-state index in [-0.39, 0.29) is 17.7 Å². The summed E-state index contributed by atoms with van der Waals surface area (Å²) in [5.74, 6) is -0.236. The normalized spacial score (nSPS) is 15.4. The third-order valence-electron chi connectivity index (χ3n) is 5.85. The van der Waals surface area contributed by atoms with Gasteiger partial charge in [-0.25, -0.2) is 4.98 Å². The number of nitrogens with zero attached hydrogens (tertiary/aromatic N) is 2. The maximum Gasteiger partial charge on any atom is 0.247 e. The van der Waals surface area contributed by atoms with Crippen molar-refractivity contribution in [2.24, 2.45) is 5.92 Å². The zero-order valence-electron chi connectivity index (χ0n) is 18.0. The molecule has 2 aromatic rings. The van der Waals surface area contributed by atoms with Gasteiger partial charge in [0, 0.05) is 48.7 Å². The monoisotopic (exact) mass is 411 g/mol. The lowest BCUT2D eigenvalue weighted by atomic mass is 9.88. The van der Waals surface area contributed by atoms with E-state index < -0.39 is 6.04 Å². The Morgan fingerprint density at radius 1 is 1.13 bits per heavy atom. The van der Waals surface area contributed by atoms with E-state index in [2.05, 4.69) is 39.3 Å². The molecule has 0 radical (unpaired) electrons. The molecule has 0 aliphatic heterocycles. The summed E-state index contributed by atoms with van der Waals surface area (Å²) < 4.78 is 0. The summed E-state index contributed by atoms with van der Waals surface area (Å²) in [7, 11) is 0. The summed E-state index contributed by atoms with van der Waals surface area (Å²) in [6.45, 7) is 6.10. The minimum absolute atomic E-state index is 0.00386. The second-order valence-electron chi connectivity index (χ2n) is 7.89. The van der Waals surface area contributed by atoms with Crippen LogP contribution < -0.4 is 15.5 Å². The van der Waals surface area contributed by atoms with Crippen LogP contribution in [0.4, 0.5) is 11.4 Å². The van der Waals surface area contributed by atoms with Gasteiger partial charge in [-0.1, -0.05) is 19.3 Å². The van der Waals surface area contributed by atoms with Gasteiger partial charge < -0.3 is 20.5 Å². The molecule has 1 saturated carbocycles. The van der Waals surface area contributed by atoms with E-state index in [1.54, 1.807) is 12.5 Å². The molecule has 162 valence electrons. The SMILES string of the molecule is CCN(CC)c1ccc(NC(=O)[C@H](Cc2cnc[nH]2)NC(=O)C2CCCCC2)cc1. The maximum absolute atomic E-state index is 13.0. The molecule has 3 rings (SSSR count). The van der Waals surface area contributed by atoms with Gasteiger partial charge in [0.15, 0.2) is 0 Å². The van der Waals surface area contributed by atoms with Crippen molar-refractivity contribution in [1.29, 1.82) is 0 Å². The first-order valence-corrected chi connectivity index (χ1v) is 11.0. The van der Waals surface area contributed by atoms with E-state index in [9.17, 15) is 9.59 Å². The molecule has 1 atom stereocenters. The molecule has 2 amide bonds. The number of aromatic amines is 1. The number of anilines is 2. The first-order chi connectivity index (χ1) is 14.6. The Balaban J connectivity index is 1.67. The number of hydrogen-bond donors (Lipinski definition) is 3. The smallest absolute Gasteiger partial charge is 0.247 e. The van der Waals surface area contributed by atoms with Crippen LogP contribution in [-0.4, -0.2) is 40.9 Å². The van der Waals surface area contributed by atoms with Crippen LogP contribution in [0.25, 0.3) is 0 Å². The van der Waals surface area contributed by atoms with E-state index in [1.165, 1.54) is 6.42 Å². The molecule has 1 aliphatic carbocycles. The second kappa shape index (κ2) is 10.8. The Kier molecular flexibility index (Phi) is 7.88. The lowest BCUT2D eigenvalue weighted by Gasteiger charge is -2.24. The second-order valence-corrected chi connectivity index (χ2v) is 7.89. The van der Waals surface area contributed by atoms with Gasteiger partial charge in [-0.15, -0.1) is 0 Å². The molecule has 1 fully saturated rings. The molecule has 1 aliphatic rings. The third-order valence-corrected chi connectivity index (χ3v) is 5.85. The number of carbonyl (C=O) groups is 2. The average molecular weight is 412 g/mol. The highest BCUT2D eigenvalue weighted by Gasteiger charge is 2.27. The Bertz CT molecular complexity index is 794. The van der Waals surface area contributed by atoms with Crippen LogP contribution in [0.1, 0.15) is 51.6 Å². The van der Waals surface area contributed by atoms with Crippen LogP contribution in [0, 0.1) is 5.92 Å². The number of imidazole rings is 1. The van der Waals surface area contributed by atoms with Gasteiger partial charge in [0.05, 0.1) is 6.33 Å². The van der Waals surface area contributed by atoms with E-state index >= 15 is 0 Å². The molecule has 1 heterocycles. The zero-order chi connectivity index (χ0) is 21.3. The highest BCUT2D eigenvalue weighted by molar-refractivity contribution is 5.97. The van der Waals surface area contributed by atoms with E-state index in [4.69, 9.17) is 0 Å². The first-order valence-electron chi connectivity index (χ1n) is 11.0. The standard InChI is InChI=1S/C23H33N5O2/c1-3-28(4-2)20-12-10-18(11-13-20)26-23(30)21(14-19-15-24-16-25-19)27-22(29)17-8-6-5-7-9-17/h10-13,15-17,21H,3-9,14H2,1-2H3,(H,24,25)(H,26,30)(H,27,29)/t21-/m0/s1. The first kappa shape index (κ1) is 21.9. The Morgan fingerprint density at radius 2 is 1.83 bits per heavy atom. The Morgan fingerprint density at radius 3 is 2.43 bits per heavy atom. The number of rotatable bonds is 9. The molecule has 0 saturated heterocycles. The van der Waals surface area contributed by atoms with Crippen molar-refractivity contribution in [2.75, 3.05) is 23.3 Å². The van der Waals surface area contributed by atoms with Gasteiger partial charge in [-0.05, 0) is 51.0 Å². The van der Waals surface area contributed by atoms with Crippen molar-refractivity contribution in [3.8, 4) is 0 Å². The van der Waals surface area contributed by atoms with Crippen molar-refractivity contribution in [1.82, 2.24) is 15.3 Å². The highest BCUT2D eigenvalue weighted by atomic mass is 16.2. The van der Waals surface area contributed by atoms with Crippen LogP contribution in [0.2, 0.25) is 0 Å². The largest absolute Gasteiger partial charge is 0.372 e. The molecule has 0 bridgehead atoms. The molecule has 1 aromatic carbocycles. The van der Waals surface area contributed by atoms with Gasteiger partial charge in [-0.2, -0.15) is 0 Å². The number of nitrogens with one attached hydrogen (secondary N) is 3. The van der Waals surface area contributed by atoms with Gasteiger partial charge >= 0.3 is 0 Å². The van der Waals surface area contributed by atoms with Crippen LogP contribution in [0.3, 0.4) is 0 Å². The van der Waals surface area contributed by atoms with E-state index in [0.29, 0.717) is 6.42 Å². The number of H-pyrrole nitrogens is 1. The lowest BCUT2D eigenvalue weighted by Crippen LogP contribution is -2.47. The number of aromatic nitrogens is 2. The van der Waals surface area contributed by atoms with E-state index in [1.807, 2.05) is 24.3 Å². The molecule has 0 spiro atoms. The molecule has 30 heavy (non-hydrogen) atoms. The molecule has 3 N–H and O–H groups in total. The van der Waals surface area contributed by atoms with Crippen molar-refractivity contribution < 1.29 is 9.59 Å². The Hall–Kier alpha value is -2.83. The molecule has 7 nitrogen and oxygen atoms in total. The van der Waals surface area contributed by atoms with Crippen LogP contribution >= 0.6 is 0 Å². The van der Waals surface area contributed by atoms with Gasteiger partial charge in [-0.3, -0.25) is 9.59 Å². The zero-order valence-corrected chi connectivity index (χ0v) is 18.0. The van der Waals surface area contributed by atoms with Crippen molar-refractivity contribution >= 4 is 23.2 Å². The summed E-state index contributed by atoms with van der Waals surface area (Å²) in [4.78, 5) is 35.1. The number of amides is 2. The average Bonchev–Trinajstić information content (AvgIpc) is 3.29. The minimum atomic E-state index is -0.651. The fourth-order valence-electron chi connectivity index (χ4n) is 4.05. The molecular formula is C23H33N5O2. The minimum Gasteiger partial charge on any atom is -0.372 e. The fraction of sp³-hybridized carbons (Fsp3) is 0.522. The highest BCUT2D eigenvalue weighted by Crippen LogP contribution is 2.24. The lowest BCUT2D eigenvalue weighted by molar-refractivity contribution is -0.130. The summed E-state index contributed by atoms with van der Waals surface area (Å²) in [5, 5.41) is 5.94. The number of carbonyl (C=O) groups excluding carboxylic acids is 2.